The van der Waals surface area contributed by atoms with Crippen LogP contribution in [-0.2, 0) is 11.2 Å². The number of Topliss-reactive ketones (excluding diaryl/α,β-unsaturated/α-hetero) is 1. The molecule has 0 radical (unpaired) electrons. The Morgan fingerprint density at radius 1 is 1.13 bits per heavy atom. The molecule has 0 spiro atoms. The summed E-state index contributed by atoms with van der Waals surface area (Å²) in [6.07, 6.45) is 3.88. The highest BCUT2D eigenvalue weighted by Crippen LogP contribution is 2.38. The van der Waals surface area contributed by atoms with Crippen LogP contribution in [0, 0.1) is 0 Å². The highest BCUT2D eigenvalue weighted by Gasteiger charge is 2.37. The maximum absolute atomic E-state index is 13.4. The molecule has 0 saturated heterocycles. The molecule has 0 unspecified atom stereocenters. The number of nitrogen functional groups attached to an aromatic ring is 1. The number of ketones is 1. The standard InChI is InChI=1S/C24H20N4O2/c25-18-11-16-8-10-28-23(16)19(12-18)22(15-5-2-1-3-6-15)27-20(24(28)30)13-21(29)17-7-4-9-26-14-17/h1-7,9,11-12,14,20H,8,10,13,25H2/t20-/m0/s1. The Labute approximate surface area is 174 Å². The number of hydrogen-bond acceptors (Lipinski definition) is 5. The molecule has 0 saturated carbocycles. The lowest BCUT2D eigenvalue weighted by molar-refractivity contribution is -0.119. The van der Waals surface area contributed by atoms with Crippen LogP contribution in [0.5, 0.6) is 0 Å². The van der Waals surface area contributed by atoms with Crippen LogP contribution in [-0.4, -0.2) is 35.0 Å². The second kappa shape index (κ2) is 7.22. The second-order valence-corrected chi connectivity index (χ2v) is 7.54. The molecule has 2 aromatic carbocycles. The van der Waals surface area contributed by atoms with Crippen molar-refractivity contribution in [1.29, 1.82) is 0 Å². The molecule has 2 N–H and O–H groups in total. The predicted octanol–water partition coefficient (Wildman–Crippen LogP) is 3.05. The summed E-state index contributed by atoms with van der Waals surface area (Å²) in [5.41, 5.74) is 11.6. The van der Waals surface area contributed by atoms with Gasteiger partial charge in [-0.25, -0.2) is 0 Å². The van der Waals surface area contributed by atoms with E-state index in [-0.39, 0.29) is 18.1 Å². The molecule has 6 heteroatoms. The minimum atomic E-state index is -0.799. The molecule has 30 heavy (non-hydrogen) atoms. The molecule has 0 fully saturated rings. The van der Waals surface area contributed by atoms with Crippen molar-refractivity contribution >= 4 is 28.8 Å². The topological polar surface area (TPSA) is 88.6 Å². The van der Waals surface area contributed by atoms with E-state index in [1.54, 1.807) is 23.2 Å². The fraction of sp³-hybridized carbons (Fsp3) is 0.167. The number of nitrogens with zero attached hydrogens (tertiary/aromatic N) is 3. The van der Waals surface area contributed by atoms with Crippen molar-refractivity contribution in [3.05, 3.63) is 89.2 Å². The molecule has 1 aromatic heterocycles. The zero-order chi connectivity index (χ0) is 20.7. The van der Waals surface area contributed by atoms with Crippen LogP contribution in [0.2, 0.25) is 0 Å². The van der Waals surface area contributed by atoms with Gasteiger partial charge in [-0.3, -0.25) is 19.6 Å². The van der Waals surface area contributed by atoms with Crippen molar-refractivity contribution in [3.63, 3.8) is 0 Å². The zero-order valence-electron chi connectivity index (χ0n) is 16.3. The normalized spacial score (nSPS) is 17.3. The van der Waals surface area contributed by atoms with Gasteiger partial charge in [0.15, 0.2) is 5.78 Å². The van der Waals surface area contributed by atoms with E-state index in [4.69, 9.17) is 10.7 Å². The zero-order valence-corrected chi connectivity index (χ0v) is 16.3. The van der Waals surface area contributed by atoms with Crippen LogP contribution >= 0.6 is 0 Å². The van der Waals surface area contributed by atoms with Crippen molar-refractivity contribution < 1.29 is 9.59 Å². The van der Waals surface area contributed by atoms with Crippen molar-refractivity contribution in [2.75, 3.05) is 17.2 Å². The van der Waals surface area contributed by atoms with Gasteiger partial charge in [-0.2, -0.15) is 0 Å². The average molecular weight is 396 g/mol. The van der Waals surface area contributed by atoms with E-state index in [0.29, 0.717) is 23.5 Å². The van der Waals surface area contributed by atoms with Gasteiger partial charge < -0.3 is 10.6 Å². The third-order valence-corrected chi connectivity index (χ3v) is 5.59. The Morgan fingerprint density at radius 3 is 2.73 bits per heavy atom. The predicted molar refractivity (Wildman–Crippen MR) is 116 cm³/mol. The highest BCUT2D eigenvalue weighted by molar-refractivity contribution is 6.21. The van der Waals surface area contributed by atoms with Gasteiger partial charge in [-0.1, -0.05) is 30.3 Å². The first-order valence-electron chi connectivity index (χ1n) is 9.92. The van der Waals surface area contributed by atoms with E-state index in [0.717, 1.165) is 28.8 Å². The molecule has 0 bridgehead atoms. The first-order chi connectivity index (χ1) is 14.6. The lowest BCUT2D eigenvalue weighted by atomic mass is 9.97. The fourth-order valence-corrected chi connectivity index (χ4v) is 4.21. The van der Waals surface area contributed by atoms with Crippen molar-refractivity contribution in [2.45, 2.75) is 18.9 Å². The second-order valence-electron chi connectivity index (χ2n) is 7.54. The molecular weight excluding hydrogens is 376 g/mol. The molecule has 0 aliphatic carbocycles. The van der Waals surface area contributed by atoms with Gasteiger partial charge >= 0.3 is 0 Å². The third-order valence-electron chi connectivity index (χ3n) is 5.59. The number of aromatic nitrogens is 1. The molecule has 2 aliphatic rings. The summed E-state index contributed by atoms with van der Waals surface area (Å²) >= 11 is 0. The van der Waals surface area contributed by atoms with Crippen molar-refractivity contribution in [1.82, 2.24) is 4.98 Å². The van der Waals surface area contributed by atoms with Gasteiger partial charge in [0, 0.05) is 47.7 Å². The first-order valence-corrected chi connectivity index (χ1v) is 9.92. The number of amides is 1. The largest absolute Gasteiger partial charge is 0.399 e. The molecule has 5 rings (SSSR count). The Morgan fingerprint density at radius 2 is 1.97 bits per heavy atom. The van der Waals surface area contributed by atoms with Crippen LogP contribution in [0.4, 0.5) is 11.4 Å². The number of carbonyl (C=O) groups is 2. The van der Waals surface area contributed by atoms with Crippen LogP contribution < -0.4 is 10.6 Å². The minimum absolute atomic E-state index is 0.00381. The quantitative estimate of drug-likeness (QED) is 0.542. The molecule has 1 amide bonds. The lowest BCUT2D eigenvalue weighted by Crippen LogP contribution is -2.37. The smallest absolute Gasteiger partial charge is 0.252 e. The SMILES string of the molecule is Nc1cc2c3c(c1)C(c1ccccc1)=N[C@@H](CC(=O)c1cccnc1)C(=O)N3CC2. The Balaban J connectivity index is 1.64. The highest BCUT2D eigenvalue weighted by atomic mass is 16.2. The molecule has 3 heterocycles. The first kappa shape index (κ1) is 18.2. The van der Waals surface area contributed by atoms with Gasteiger partial charge in [0.05, 0.1) is 11.4 Å². The van der Waals surface area contributed by atoms with Gasteiger partial charge in [0.25, 0.3) is 5.91 Å². The van der Waals surface area contributed by atoms with Crippen molar-refractivity contribution in [3.8, 4) is 0 Å². The summed E-state index contributed by atoms with van der Waals surface area (Å²) in [6.45, 7) is 0.569. The maximum Gasteiger partial charge on any atom is 0.252 e. The summed E-state index contributed by atoms with van der Waals surface area (Å²) in [5.74, 6) is -0.301. The summed E-state index contributed by atoms with van der Waals surface area (Å²) in [4.78, 5) is 36.9. The molecule has 148 valence electrons. The number of carbonyl (C=O) groups excluding carboxylic acids is 2. The third kappa shape index (κ3) is 3.06. The van der Waals surface area contributed by atoms with E-state index < -0.39 is 6.04 Å². The molecule has 6 nitrogen and oxygen atoms in total. The number of nitrogens with two attached hydrogens (primary N) is 1. The number of rotatable bonds is 4. The molecular formula is C24H20N4O2. The Bertz CT molecular complexity index is 1170. The fourth-order valence-electron chi connectivity index (χ4n) is 4.21. The Hall–Kier alpha value is -3.80. The molecule has 2 aliphatic heterocycles. The van der Waals surface area contributed by atoms with E-state index in [1.807, 2.05) is 42.5 Å². The molecule has 1 atom stereocenters. The van der Waals surface area contributed by atoms with Gasteiger partial charge in [-0.15, -0.1) is 0 Å². The summed E-state index contributed by atoms with van der Waals surface area (Å²) in [5, 5.41) is 0. The van der Waals surface area contributed by atoms with E-state index in [1.165, 1.54) is 6.20 Å². The average Bonchev–Trinajstić information content (AvgIpc) is 3.16. The summed E-state index contributed by atoms with van der Waals surface area (Å²) in [6, 6.07) is 16.2. The van der Waals surface area contributed by atoms with E-state index >= 15 is 0 Å². The van der Waals surface area contributed by atoms with Gasteiger partial charge in [-0.05, 0) is 36.2 Å². The summed E-state index contributed by atoms with van der Waals surface area (Å²) < 4.78 is 0. The summed E-state index contributed by atoms with van der Waals surface area (Å²) in [7, 11) is 0. The number of aliphatic imine (C=N–C) groups is 1. The van der Waals surface area contributed by atoms with E-state index in [9.17, 15) is 9.59 Å². The Kier molecular flexibility index (Phi) is 4.39. The maximum atomic E-state index is 13.4. The molecule has 3 aromatic rings. The number of pyridine rings is 1. The number of hydrogen-bond donors (Lipinski definition) is 1. The number of anilines is 2. The van der Waals surface area contributed by atoms with Crippen LogP contribution in [0.25, 0.3) is 0 Å². The van der Waals surface area contributed by atoms with Gasteiger partial charge in [0.2, 0.25) is 0 Å². The number of benzene rings is 2. The monoisotopic (exact) mass is 396 g/mol. The van der Waals surface area contributed by atoms with Crippen LogP contribution in [0.1, 0.15) is 33.5 Å². The van der Waals surface area contributed by atoms with E-state index in [2.05, 4.69) is 4.98 Å². The lowest BCUT2D eigenvalue weighted by Gasteiger charge is -2.20. The van der Waals surface area contributed by atoms with Crippen molar-refractivity contribution in [2.24, 2.45) is 4.99 Å². The van der Waals surface area contributed by atoms with Crippen LogP contribution in [0.3, 0.4) is 0 Å². The minimum Gasteiger partial charge on any atom is -0.399 e. The van der Waals surface area contributed by atoms with Crippen LogP contribution in [0.15, 0.2) is 72.0 Å². The van der Waals surface area contributed by atoms with Gasteiger partial charge in [0.1, 0.15) is 6.04 Å².